The van der Waals surface area contributed by atoms with E-state index in [1.54, 1.807) is 0 Å². The van der Waals surface area contributed by atoms with Gasteiger partial charge in [0.2, 0.25) is 0 Å². The SMILES string of the molecule is COC(=O)CN1CCOc2cc(-n3cc(C)c(I)n3)ccc21. The van der Waals surface area contributed by atoms with Crippen molar-refractivity contribution in [3.63, 3.8) is 0 Å². The minimum absolute atomic E-state index is 0.227. The van der Waals surface area contributed by atoms with Gasteiger partial charge in [0.15, 0.2) is 0 Å². The van der Waals surface area contributed by atoms with Crippen LogP contribution in [0.15, 0.2) is 24.4 Å². The lowest BCUT2D eigenvalue weighted by atomic mass is 10.2. The Bertz CT molecular complexity index is 695. The second-order valence-corrected chi connectivity index (χ2v) is 6.07. The third-order valence-electron chi connectivity index (χ3n) is 3.55. The number of rotatable bonds is 3. The summed E-state index contributed by atoms with van der Waals surface area (Å²) in [4.78, 5) is 13.5. The molecule has 1 aromatic heterocycles. The lowest BCUT2D eigenvalue weighted by Crippen LogP contribution is -2.37. The molecule has 7 heteroatoms. The number of benzene rings is 1. The molecule has 0 atom stereocenters. The Morgan fingerprint density at radius 1 is 1.50 bits per heavy atom. The first-order valence-electron chi connectivity index (χ1n) is 6.89. The summed E-state index contributed by atoms with van der Waals surface area (Å²) in [7, 11) is 1.40. The normalized spacial score (nSPS) is 13.5. The summed E-state index contributed by atoms with van der Waals surface area (Å²) in [5.74, 6) is 0.505. The quantitative estimate of drug-likeness (QED) is 0.571. The molecule has 0 radical (unpaired) electrons. The Labute approximate surface area is 142 Å². The van der Waals surface area contributed by atoms with Gasteiger partial charge < -0.3 is 14.4 Å². The number of aromatic nitrogens is 2. The number of halogens is 1. The van der Waals surface area contributed by atoms with Gasteiger partial charge in [-0.05, 0) is 41.6 Å². The highest BCUT2D eigenvalue weighted by Crippen LogP contribution is 2.33. The Balaban J connectivity index is 1.91. The van der Waals surface area contributed by atoms with E-state index in [1.807, 2.05) is 40.9 Å². The average molecular weight is 413 g/mol. The zero-order valence-corrected chi connectivity index (χ0v) is 14.5. The topological polar surface area (TPSA) is 56.6 Å². The molecule has 0 spiro atoms. The van der Waals surface area contributed by atoms with Crippen molar-refractivity contribution in [3.8, 4) is 11.4 Å². The lowest BCUT2D eigenvalue weighted by molar-refractivity contribution is -0.139. The summed E-state index contributed by atoms with van der Waals surface area (Å²) in [6.07, 6.45) is 1.98. The standard InChI is InChI=1S/C15H16IN3O3/c1-10-8-19(17-15(10)16)11-3-4-12-13(7-11)22-6-5-18(12)9-14(20)21-2/h3-4,7-8H,5-6,9H2,1-2H3. The molecule has 116 valence electrons. The number of hydrogen-bond acceptors (Lipinski definition) is 5. The molecule has 3 rings (SSSR count). The van der Waals surface area contributed by atoms with Crippen molar-refractivity contribution in [2.45, 2.75) is 6.92 Å². The first-order chi connectivity index (χ1) is 10.6. The maximum atomic E-state index is 11.5. The molecule has 0 unspecified atom stereocenters. The second kappa shape index (κ2) is 6.15. The lowest BCUT2D eigenvalue weighted by Gasteiger charge is -2.30. The summed E-state index contributed by atoms with van der Waals surface area (Å²) >= 11 is 2.21. The second-order valence-electron chi connectivity index (χ2n) is 5.05. The Morgan fingerprint density at radius 2 is 2.32 bits per heavy atom. The van der Waals surface area contributed by atoms with Crippen molar-refractivity contribution >= 4 is 34.2 Å². The van der Waals surface area contributed by atoms with Gasteiger partial charge in [-0.1, -0.05) is 0 Å². The fraction of sp³-hybridized carbons (Fsp3) is 0.333. The van der Waals surface area contributed by atoms with E-state index in [2.05, 4.69) is 27.7 Å². The van der Waals surface area contributed by atoms with Gasteiger partial charge in [-0.3, -0.25) is 4.79 Å². The van der Waals surface area contributed by atoms with Gasteiger partial charge >= 0.3 is 5.97 Å². The predicted octanol–water partition coefficient (Wildman–Crippen LogP) is 2.16. The first-order valence-corrected chi connectivity index (χ1v) is 7.97. The molecule has 1 aliphatic heterocycles. The molecule has 0 amide bonds. The highest BCUT2D eigenvalue weighted by Gasteiger charge is 2.21. The van der Waals surface area contributed by atoms with Gasteiger partial charge in [-0.25, -0.2) is 4.68 Å². The molecule has 6 nitrogen and oxygen atoms in total. The number of anilines is 1. The van der Waals surface area contributed by atoms with Crippen LogP contribution in [0.1, 0.15) is 5.56 Å². The van der Waals surface area contributed by atoms with Crippen LogP contribution in [0, 0.1) is 10.6 Å². The van der Waals surface area contributed by atoms with E-state index in [0.717, 1.165) is 26.4 Å². The van der Waals surface area contributed by atoms with Gasteiger partial charge in [0, 0.05) is 17.8 Å². The average Bonchev–Trinajstić information content (AvgIpc) is 2.86. The molecule has 0 fully saturated rings. The van der Waals surface area contributed by atoms with Crippen LogP contribution in [0.2, 0.25) is 0 Å². The number of fused-ring (bicyclic) bond motifs is 1. The minimum atomic E-state index is -0.255. The smallest absolute Gasteiger partial charge is 0.325 e. The fourth-order valence-electron chi connectivity index (χ4n) is 2.36. The van der Waals surface area contributed by atoms with Crippen molar-refractivity contribution in [2.24, 2.45) is 0 Å². The molecule has 0 bridgehead atoms. The monoisotopic (exact) mass is 413 g/mol. The molecule has 22 heavy (non-hydrogen) atoms. The minimum Gasteiger partial charge on any atom is -0.489 e. The van der Waals surface area contributed by atoms with E-state index in [0.29, 0.717) is 13.2 Å². The first kappa shape index (κ1) is 15.1. The Kier molecular flexibility index (Phi) is 4.23. The van der Waals surface area contributed by atoms with Gasteiger partial charge in [-0.2, -0.15) is 5.10 Å². The molecule has 0 aliphatic carbocycles. The summed E-state index contributed by atoms with van der Waals surface area (Å²) in [6.45, 7) is 3.46. The number of carbonyl (C=O) groups excluding carboxylic acids is 1. The summed E-state index contributed by atoms with van der Waals surface area (Å²) in [6, 6.07) is 5.87. The van der Waals surface area contributed by atoms with Crippen LogP contribution < -0.4 is 9.64 Å². The molecular formula is C15H16IN3O3. The van der Waals surface area contributed by atoms with E-state index in [-0.39, 0.29) is 12.5 Å². The maximum absolute atomic E-state index is 11.5. The van der Waals surface area contributed by atoms with E-state index in [4.69, 9.17) is 9.47 Å². The molecule has 1 aromatic carbocycles. The third kappa shape index (κ3) is 2.90. The van der Waals surface area contributed by atoms with Gasteiger partial charge in [0.1, 0.15) is 22.6 Å². The van der Waals surface area contributed by atoms with Crippen molar-refractivity contribution in [3.05, 3.63) is 33.7 Å². The number of methoxy groups -OCH3 is 1. The Hall–Kier alpha value is -1.77. The van der Waals surface area contributed by atoms with Crippen LogP contribution >= 0.6 is 22.6 Å². The van der Waals surface area contributed by atoms with Gasteiger partial charge in [-0.15, -0.1) is 0 Å². The maximum Gasteiger partial charge on any atom is 0.325 e. The van der Waals surface area contributed by atoms with Crippen molar-refractivity contribution in [1.82, 2.24) is 9.78 Å². The number of carbonyl (C=O) groups is 1. The third-order valence-corrected chi connectivity index (χ3v) is 4.62. The van der Waals surface area contributed by atoms with Crippen LogP contribution in [0.25, 0.3) is 5.69 Å². The van der Waals surface area contributed by atoms with E-state index in [1.165, 1.54) is 7.11 Å². The molecule has 1 aliphatic rings. The number of hydrogen-bond donors (Lipinski definition) is 0. The number of ether oxygens (including phenoxy) is 2. The molecule has 0 saturated carbocycles. The Morgan fingerprint density at radius 3 is 3.00 bits per heavy atom. The number of nitrogens with zero attached hydrogens (tertiary/aromatic N) is 3. The number of esters is 1. The van der Waals surface area contributed by atoms with E-state index in [9.17, 15) is 4.79 Å². The van der Waals surface area contributed by atoms with Crippen LogP contribution in [0.3, 0.4) is 0 Å². The van der Waals surface area contributed by atoms with Crippen LogP contribution in [0.4, 0.5) is 5.69 Å². The largest absolute Gasteiger partial charge is 0.489 e. The molecule has 2 aromatic rings. The fourth-order valence-corrected chi connectivity index (χ4v) is 2.74. The summed E-state index contributed by atoms with van der Waals surface area (Å²) in [5.41, 5.74) is 2.97. The van der Waals surface area contributed by atoms with Crippen molar-refractivity contribution in [1.29, 1.82) is 0 Å². The van der Waals surface area contributed by atoms with Crippen molar-refractivity contribution in [2.75, 3.05) is 31.7 Å². The van der Waals surface area contributed by atoms with E-state index >= 15 is 0 Å². The number of aryl methyl sites for hydroxylation is 1. The van der Waals surface area contributed by atoms with Crippen LogP contribution in [-0.4, -0.2) is 42.6 Å². The molecule has 0 N–H and O–H groups in total. The highest BCUT2D eigenvalue weighted by molar-refractivity contribution is 14.1. The van der Waals surface area contributed by atoms with E-state index < -0.39 is 0 Å². The molecule has 0 saturated heterocycles. The molecular weight excluding hydrogens is 397 g/mol. The zero-order chi connectivity index (χ0) is 15.7. The van der Waals surface area contributed by atoms with Gasteiger partial charge in [0.25, 0.3) is 0 Å². The molecule has 2 heterocycles. The van der Waals surface area contributed by atoms with Crippen molar-refractivity contribution < 1.29 is 14.3 Å². The van der Waals surface area contributed by atoms with Crippen LogP contribution in [-0.2, 0) is 9.53 Å². The summed E-state index contributed by atoms with van der Waals surface area (Å²) in [5, 5.41) is 4.47. The predicted molar refractivity (Wildman–Crippen MR) is 90.7 cm³/mol. The van der Waals surface area contributed by atoms with Gasteiger partial charge in [0.05, 0.1) is 25.0 Å². The highest BCUT2D eigenvalue weighted by atomic mass is 127. The zero-order valence-electron chi connectivity index (χ0n) is 12.4. The summed E-state index contributed by atoms with van der Waals surface area (Å²) < 4.78 is 13.3. The van der Waals surface area contributed by atoms with Crippen LogP contribution in [0.5, 0.6) is 5.75 Å².